The van der Waals surface area contributed by atoms with Gasteiger partial charge in [0.05, 0.1) is 7.11 Å². The Hall–Kier alpha value is -0.630. The molecular formula is C10H14OS. The maximum Gasteiger partial charge on any atom is 0.132 e. The van der Waals surface area contributed by atoms with Gasteiger partial charge in [-0.1, -0.05) is 0 Å². The summed E-state index contributed by atoms with van der Waals surface area (Å²) < 4.78 is 5.25. The average molecular weight is 182 g/mol. The number of methoxy groups -OCH3 is 1. The second-order valence-corrected chi connectivity index (χ2v) is 3.64. The maximum atomic E-state index is 5.25. The van der Waals surface area contributed by atoms with Gasteiger partial charge in [0.2, 0.25) is 0 Å². The second-order valence-electron chi connectivity index (χ2n) is 2.79. The summed E-state index contributed by atoms with van der Waals surface area (Å²) >= 11 is 1.72. The highest BCUT2D eigenvalue weighted by Crippen LogP contribution is 2.29. The number of aryl methyl sites for hydroxylation is 2. The van der Waals surface area contributed by atoms with Crippen molar-refractivity contribution < 1.29 is 4.74 Å². The van der Waals surface area contributed by atoms with Crippen molar-refractivity contribution in [3.05, 3.63) is 23.3 Å². The third-order valence-corrected chi connectivity index (χ3v) is 2.76. The predicted molar refractivity (Wildman–Crippen MR) is 54.2 cm³/mol. The molecule has 0 aromatic heterocycles. The van der Waals surface area contributed by atoms with Gasteiger partial charge in [0.25, 0.3) is 0 Å². The highest BCUT2D eigenvalue weighted by atomic mass is 32.2. The molecule has 0 aliphatic carbocycles. The Balaban J connectivity index is 3.19. The van der Waals surface area contributed by atoms with Crippen LogP contribution in [0.25, 0.3) is 0 Å². The summed E-state index contributed by atoms with van der Waals surface area (Å²) in [7, 11) is 1.71. The van der Waals surface area contributed by atoms with E-state index in [-0.39, 0.29) is 0 Å². The first kappa shape index (κ1) is 9.46. The first-order valence-corrected chi connectivity index (χ1v) is 5.10. The third-order valence-electron chi connectivity index (χ3n) is 2.00. The molecular weight excluding hydrogens is 168 g/mol. The van der Waals surface area contributed by atoms with Gasteiger partial charge in [0, 0.05) is 4.90 Å². The first-order chi connectivity index (χ1) is 5.69. The van der Waals surface area contributed by atoms with Crippen molar-refractivity contribution in [2.75, 3.05) is 13.4 Å². The van der Waals surface area contributed by atoms with Gasteiger partial charge in [0.15, 0.2) is 0 Å². The monoisotopic (exact) mass is 182 g/mol. The largest absolute Gasteiger partial charge is 0.496 e. The quantitative estimate of drug-likeness (QED) is 0.650. The highest BCUT2D eigenvalue weighted by molar-refractivity contribution is 7.98. The number of ether oxygens (including phenoxy) is 1. The molecule has 1 aromatic carbocycles. The van der Waals surface area contributed by atoms with Crippen LogP contribution in [0.1, 0.15) is 11.1 Å². The minimum atomic E-state index is 0.977. The van der Waals surface area contributed by atoms with Crippen LogP contribution in [0.3, 0.4) is 0 Å². The van der Waals surface area contributed by atoms with E-state index in [1.54, 1.807) is 18.9 Å². The topological polar surface area (TPSA) is 9.23 Å². The van der Waals surface area contributed by atoms with E-state index in [9.17, 15) is 0 Å². The lowest BCUT2D eigenvalue weighted by molar-refractivity contribution is 0.404. The van der Waals surface area contributed by atoms with Gasteiger partial charge >= 0.3 is 0 Å². The standard InChI is InChI=1S/C10H14OS/c1-7-5-9(11-3)10(12-4)6-8(7)2/h5-6H,1-4H3. The molecule has 12 heavy (non-hydrogen) atoms. The Kier molecular flexibility index (Phi) is 3.04. The molecule has 1 nitrogen and oxygen atoms in total. The van der Waals surface area contributed by atoms with Crippen LogP contribution in [0.5, 0.6) is 5.75 Å². The van der Waals surface area contributed by atoms with E-state index < -0.39 is 0 Å². The van der Waals surface area contributed by atoms with Gasteiger partial charge in [-0.2, -0.15) is 0 Å². The molecule has 0 radical (unpaired) electrons. The fraction of sp³-hybridized carbons (Fsp3) is 0.400. The average Bonchev–Trinajstić information content (AvgIpc) is 2.09. The van der Waals surface area contributed by atoms with Gasteiger partial charge < -0.3 is 4.74 Å². The van der Waals surface area contributed by atoms with Gasteiger partial charge in [-0.3, -0.25) is 0 Å². The van der Waals surface area contributed by atoms with Crippen LogP contribution in [0.15, 0.2) is 17.0 Å². The predicted octanol–water partition coefficient (Wildman–Crippen LogP) is 3.03. The molecule has 0 aliphatic heterocycles. The Morgan fingerprint density at radius 2 is 1.75 bits per heavy atom. The first-order valence-electron chi connectivity index (χ1n) is 3.88. The van der Waals surface area contributed by atoms with Crippen molar-refractivity contribution in [3.8, 4) is 5.75 Å². The summed E-state index contributed by atoms with van der Waals surface area (Å²) in [4.78, 5) is 1.21. The molecule has 66 valence electrons. The molecule has 0 heterocycles. The van der Waals surface area contributed by atoms with Crippen molar-refractivity contribution in [1.29, 1.82) is 0 Å². The fourth-order valence-corrected chi connectivity index (χ4v) is 1.72. The molecule has 1 rings (SSSR count). The van der Waals surface area contributed by atoms with Crippen LogP contribution in [-0.4, -0.2) is 13.4 Å². The van der Waals surface area contributed by atoms with E-state index in [1.165, 1.54) is 16.0 Å². The van der Waals surface area contributed by atoms with E-state index in [0.717, 1.165) is 5.75 Å². The summed E-state index contributed by atoms with van der Waals surface area (Å²) in [6.07, 6.45) is 2.06. The maximum absolute atomic E-state index is 5.25. The summed E-state index contributed by atoms with van der Waals surface area (Å²) in [6, 6.07) is 4.25. The normalized spacial score (nSPS) is 10.0. The number of hydrogen-bond donors (Lipinski definition) is 0. The molecule has 0 atom stereocenters. The lowest BCUT2D eigenvalue weighted by atomic mass is 10.1. The Labute approximate surface area is 78.1 Å². The highest BCUT2D eigenvalue weighted by Gasteiger charge is 2.03. The molecule has 0 aliphatic rings. The van der Waals surface area contributed by atoms with Crippen LogP contribution in [0.4, 0.5) is 0 Å². The lowest BCUT2D eigenvalue weighted by Gasteiger charge is -2.09. The number of hydrogen-bond acceptors (Lipinski definition) is 2. The second kappa shape index (κ2) is 3.85. The third kappa shape index (κ3) is 1.75. The van der Waals surface area contributed by atoms with Crippen LogP contribution in [-0.2, 0) is 0 Å². The van der Waals surface area contributed by atoms with Gasteiger partial charge in [-0.15, -0.1) is 11.8 Å². The molecule has 0 amide bonds. The van der Waals surface area contributed by atoms with Crippen LogP contribution < -0.4 is 4.74 Å². The van der Waals surface area contributed by atoms with Crippen LogP contribution in [0, 0.1) is 13.8 Å². The van der Waals surface area contributed by atoms with E-state index in [2.05, 4.69) is 32.2 Å². The zero-order chi connectivity index (χ0) is 9.14. The fourth-order valence-electron chi connectivity index (χ4n) is 1.08. The number of benzene rings is 1. The molecule has 0 bridgehead atoms. The zero-order valence-electron chi connectivity index (χ0n) is 7.97. The number of rotatable bonds is 2. The van der Waals surface area contributed by atoms with Crippen molar-refractivity contribution in [1.82, 2.24) is 0 Å². The molecule has 2 heteroatoms. The minimum Gasteiger partial charge on any atom is -0.496 e. The summed E-state index contributed by atoms with van der Waals surface area (Å²) in [5.41, 5.74) is 2.60. The van der Waals surface area contributed by atoms with Crippen LogP contribution >= 0.6 is 11.8 Å². The molecule has 1 aromatic rings. The summed E-state index contributed by atoms with van der Waals surface area (Å²) in [5.74, 6) is 0.977. The van der Waals surface area contributed by atoms with Gasteiger partial charge in [-0.05, 0) is 43.4 Å². The molecule has 0 fully saturated rings. The van der Waals surface area contributed by atoms with E-state index in [4.69, 9.17) is 4.74 Å². The SMILES string of the molecule is COc1cc(C)c(C)cc1SC. The Morgan fingerprint density at radius 3 is 2.25 bits per heavy atom. The Morgan fingerprint density at radius 1 is 1.17 bits per heavy atom. The van der Waals surface area contributed by atoms with Gasteiger partial charge in [-0.25, -0.2) is 0 Å². The summed E-state index contributed by atoms with van der Waals surface area (Å²) in [6.45, 7) is 4.22. The molecule has 0 spiro atoms. The van der Waals surface area contributed by atoms with E-state index in [0.29, 0.717) is 0 Å². The Bertz CT molecular complexity index is 252. The van der Waals surface area contributed by atoms with Crippen LogP contribution in [0.2, 0.25) is 0 Å². The zero-order valence-corrected chi connectivity index (χ0v) is 8.79. The van der Waals surface area contributed by atoms with Crippen molar-refractivity contribution in [2.24, 2.45) is 0 Å². The number of thioether (sulfide) groups is 1. The molecule has 0 saturated carbocycles. The minimum absolute atomic E-state index is 0.977. The van der Waals surface area contributed by atoms with Gasteiger partial charge in [0.1, 0.15) is 5.75 Å². The smallest absolute Gasteiger partial charge is 0.132 e. The van der Waals surface area contributed by atoms with Crippen molar-refractivity contribution in [3.63, 3.8) is 0 Å². The molecule has 0 N–H and O–H groups in total. The van der Waals surface area contributed by atoms with Crippen molar-refractivity contribution in [2.45, 2.75) is 18.7 Å². The lowest BCUT2D eigenvalue weighted by Crippen LogP contribution is -1.89. The summed E-state index contributed by atoms with van der Waals surface area (Å²) in [5, 5.41) is 0. The van der Waals surface area contributed by atoms with E-state index >= 15 is 0 Å². The molecule has 0 unspecified atom stereocenters. The van der Waals surface area contributed by atoms with E-state index in [1.807, 2.05) is 0 Å². The molecule has 0 saturated heterocycles. The van der Waals surface area contributed by atoms with Crippen molar-refractivity contribution >= 4 is 11.8 Å².